The van der Waals surface area contributed by atoms with E-state index in [1.165, 1.54) is 4.90 Å². The predicted octanol–water partition coefficient (Wildman–Crippen LogP) is 2.93. The number of nitrogens with zero attached hydrogens (tertiary/aromatic N) is 2. The number of rotatable bonds is 4. The molecule has 3 atom stereocenters. The molecule has 30 heavy (non-hydrogen) atoms. The van der Waals surface area contributed by atoms with Crippen molar-refractivity contribution in [3.63, 3.8) is 0 Å². The van der Waals surface area contributed by atoms with Gasteiger partial charge in [-0.15, -0.1) is 0 Å². The van der Waals surface area contributed by atoms with Crippen molar-refractivity contribution < 1.29 is 24.2 Å². The molecular weight excluding hydrogens is 384 g/mol. The molecule has 0 aromatic heterocycles. The van der Waals surface area contributed by atoms with Crippen LogP contribution in [0.5, 0.6) is 11.5 Å². The average molecular weight is 410 g/mol. The number of carbonyl (C=O) groups is 2. The highest BCUT2D eigenvalue weighted by Crippen LogP contribution is 2.35. The Hall–Kier alpha value is -3.06. The number of aliphatic hydroxyl groups excluding tert-OH is 1. The Labute approximate surface area is 175 Å². The van der Waals surface area contributed by atoms with Crippen LogP contribution in [0.4, 0.5) is 4.79 Å². The number of carbonyl (C=O) groups excluding carboxylic acids is 2. The summed E-state index contributed by atoms with van der Waals surface area (Å²) in [5.74, 6) is 0.696. The molecule has 3 unspecified atom stereocenters. The van der Waals surface area contributed by atoms with Gasteiger partial charge in [0.25, 0.3) is 5.91 Å². The average Bonchev–Trinajstić information content (AvgIpc) is 3.31. The molecule has 0 radical (unpaired) electrons. The number of aliphatic hydroxyl groups is 1. The minimum Gasteiger partial charge on any atom is -0.487 e. The molecule has 4 rings (SSSR count). The molecule has 1 N–H and O–H groups in total. The van der Waals surface area contributed by atoms with Crippen LogP contribution in [0.2, 0.25) is 0 Å². The highest BCUT2D eigenvalue weighted by atomic mass is 16.6. The Morgan fingerprint density at radius 3 is 2.37 bits per heavy atom. The van der Waals surface area contributed by atoms with Gasteiger partial charge < -0.3 is 24.4 Å². The fraction of sp³-hybridized carbons (Fsp3) is 0.391. The van der Waals surface area contributed by atoms with Crippen molar-refractivity contribution >= 4 is 12.0 Å². The Morgan fingerprint density at radius 2 is 1.67 bits per heavy atom. The van der Waals surface area contributed by atoms with Crippen molar-refractivity contribution in [3.05, 3.63) is 60.2 Å². The first-order chi connectivity index (χ1) is 14.5. The van der Waals surface area contributed by atoms with Crippen LogP contribution in [0.25, 0.3) is 0 Å². The van der Waals surface area contributed by atoms with Crippen LogP contribution in [0.15, 0.2) is 54.6 Å². The molecule has 2 aromatic rings. The van der Waals surface area contributed by atoms with Gasteiger partial charge in [-0.25, -0.2) is 4.79 Å². The smallest absolute Gasteiger partial charge is 0.415 e. The van der Waals surface area contributed by atoms with Crippen molar-refractivity contribution in [1.29, 1.82) is 0 Å². The molecule has 0 aliphatic carbocycles. The molecule has 7 nitrogen and oxygen atoms in total. The third kappa shape index (κ3) is 3.85. The SMILES string of the molecule is CC(C)Oc1ccccc1OC(=O)N1CCC2C1C(O)CN2C(=O)c1ccccc1. The van der Waals surface area contributed by atoms with Crippen LogP contribution in [0, 0.1) is 0 Å². The van der Waals surface area contributed by atoms with Crippen molar-refractivity contribution in [3.8, 4) is 11.5 Å². The van der Waals surface area contributed by atoms with Crippen molar-refractivity contribution in [2.24, 2.45) is 0 Å². The zero-order valence-electron chi connectivity index (χ0n) is 17.1. The first-order valence-electron chi connectivity index (χ1n) is 10.2. The number of hydrogen-bond acceptors (Lipinski definition) is 5. The fourth-order valence-corrected chi connectivity index (χ4v) is 4.28. The summed E-state index contributed by atoms with van der Waals surface area (Å²) in [5, 5.41) is 10.7. The maximum atomic E-state index is 12.9. The first kappa shape index (κ1) is 20.2. The second-order valence-electron chi connectivity index (χ2n) is 7.91. The topological polar surface area (TPSA) is 79.3 Å². The summed E-state index contributed by atoms with van der Waals surface area (Å²) in [6.45, 7) is 4.41. The Balaban J connectivity index is 1.49. The van der Waals surface area contributed by atoms with E-state index in [1.807, 2.05) is 38.1 Å². The molecule has 2 amide bonds. The molecule has 2 fully saturated rings. The van der Waals surface area contributed by atoms with Gasteiger partial charge in [-0.2, -0.15) is 0 Å². The maximum Gasteiger partial charge on any atom is 0.415 e. The molecule has 2 aromatic carbocycles. The second kappa shape index (κ2) is 8.36. The van der Waals surface area contributed by atoms with E-state index in [0.717, 1.165) is 0 Å². The fourth-order valence-electron chi connectivity index (χ4n) is 4.28. The van der Waals surface area contributed by atoms with E-state index in [9.17, 15) is 14.7 Å². The normalized spacial score (nSPS) is 22.9. The number of ether oxygens (including phenoxy) is 2. The molecule has 0 bridgehead atoms. The van der Waals surface area contributed by atoms with Gasteiger partial charge in [0.15, 0.2) is 11.5 Å². The molecule has 7 heteroatoms. The van der Waals surface area contributed by atoms with Crippen LogP contribution >= 0.6 is 0 Å². The van der Waals surface area contributed by atoms with Crippen LogP contribution in [0.1, 0.15) is 30.6 Å². The number of para-hydroxylation sites is 2. The number of likely N-dealkylation sites (tertiary alicyclic amines) is 2. The first-order valence-corrected chi connectivity index (χ1v) is 10.2. The van der Waals surface area contributed by atoms with Gasteiger partial charge in [-0.05, 0) is 44.5 Å². The third-order valence-corrected chi connectivity index (χ3v) is 5.52. The second-order valence-corrected chi connectivity index (χ2v) is 7.91. The van der Waals surface area contributed by atoms with E-state index in [0.29, 0.717) is 30.0 Å². The van der Waals surface area contributed by atoms with Gasteiger partial charge in [0.05, 0.1) is 24.3 Å². The number of fused-ring (bicyclic) bond motifs is 1. The van der Waals surface area contributed by atoms with E-state index in [1.54, 1.807) is 35.2 Å². The lowest BCUT2D eigenvalue weighted by atomic mass is 10.1. The molecule has 2 aliphatic heterocycles. The quantitative estimate of drug-likeness (QED) is 0.838. The van der Waals surface area contributed by atoms with Gasteiger partial charge in [-0.1, -0.05) is 30.3 Å². The molecule has 2 saturated heterocycles. The summed E-state index contributed by atoms with van der Waals surface area (Å²) in [7, 11) is 0. The zero-order valence-corrected chi connectivity index (χ0v) is 17.1. The van der Waals surface area contributed by atoms with Gasteiger partial charge in [0.2, 0.25) is 0 Å². The van der Waals surface area contributed by atoms with Crippen LogP contribution in [-0.2, 0) is 0 Å². The highest BCUT2D eigenvalue weighted by molar-refractivity contribution is 5.94. The summed E-state index contributed by atoms with van der Waals surface area (Å²) < 4.78 is 11.3. The molecular formula is C23H26N2O5. The highest BCUT2D eigenvalue weighted by Gasteiger charge is 2.52. The van der Waals surface area contributed by atoms with Crippen LogP contribution < -0.4 is 9.47 Å². The van der Waals surface area contributed by atoms with Crippen molar-refractivity contribution in [1.82, 2.24) is 9.80 Å². The predicted molar refractivity (Wildman–Crippen MR) is 111 cm³/mol. The summed E-state index contributed by atoms with van der Waals surface area (Å²) in [4.78, 5) is 29.0. The number of hydrogen-bond donors (Lipinski definition) is 1. The largest absolute Gasteiger partial charge is 0.487 e. The monoisotopic (exact) mass is 410 g/mol. The zero-order chi connectivity index (χ0) is 21.3. The summed E-state index contributed by atoms with van der Waals surface area (Å²) in [6, 6.07) is 15.3. The Kier molecular flexibility index (Phi) is 5.63. The Bertz CT molecular complexity index is 917. The van der Waals surface area contributed by atoms with E-state index < -0.39 is 18.2 Å². The standard InChI is InChI=1S/C23H26N2O5/c1-15(2)29-19-10-6-7-11-20(19)30-23(28)24-13-12-17-21(24)18(26)14-25(17)22(27)16-8-4-3-5-9-16/h3-11,15,17-18,21,26H,12-14H2,1-2H3. The number of amides is 2. The maximum absolute atomic E-state index is 12.9. The lowest BCUT2D eigenvalue weighted by Gasteiger charge is -2.26. The van der Waals surface area contributed by atoms with E-state index in [4.69, 9.17) is 9.47 Å². The number of β-amino-alcohol motifs (C(OH)–C–C–N with tert-alkyl or cyclic N) is 1. The summed E-state index contributed by atoms with van der Waals surface area (Å²) in [6.07, 6.45) is -0.829. The van der Waals surface area contributed by atoms with E-state index in [-0.39, 0.29) is 24.6 Å². The summed E-state index contributed by atoms with van der Waals surface area (Å²) >= 11 is 0. The van der Waals surface area contributed by atoms with Gasteiger partial charge in [-0.3, -0.25) is 4.79 Å². The van der Waals surface area contributed by atoms with Crippen molar-refractivity contribution in [2.45, 2.75) is 44.6 Å². The minimum atomic E-state index is -0.820. The third-order valence-electron chi connectivity index (χ3n) is 5.52. The lowest BCUT2D eigenvalue weighted by Crippen LogP contribution is -2.46. The molecule has 0 saturated carbocycles. The Morgan fingerprint density at radius 1 is 1.00 bits per heavy atom. The molecule has 2 aliphatic rings. The molecule has 0 spiro atoms. The molecule has 158 valence electrons. The molecule has 2 heterocycles. The van der Waals surface area contributed by atoms with Crippen LogP contribution in [-0.4, -0.2) is 64.3 Å². The number of benzene rings is 2. The summed E-state index contributed by atoms with van der Waals surface area (Å²) in [5.41, 5.74) is 0.575. The van der Waals surface area contributed by atoms with Gasteiger partial charge >= 0.3 is 6.09 Å². The van der Waals surface area contributed by atoms with E-state index in [2.05, 4.69) is 0 Å². The minimum absolute atomic E-state index is 0.0600. The van der Waals surface area contributed by atoms with Gasteiger partial charge in [0, 0.05) is 18.7 Å². The lowest BCUT2D eigenvalue weighted by molar-refractivity contribution is 0.0712. The van der Waals surface area contributed by atoms with Crippen molar-refractivity contribution in [2.75, 3.05) is 13.1 Å². The van der Waals surface area contributed by atoms with Crippen LogP contribution in [0.3, 0.4) is 0 Å². The van der Waals surface area contributed by atoms with Gasteiger partial charge in [0.1, 0.15) is 0 Å². The van der Waals surface area contributed by atoms with E-state index >= 15 is 0 Å².